The molecule has 0 atom stereocenters. The van der Waals surface area contributed by atoms with Crippen LogP contribution >= 0.6 is 0 Å². The number of aromatic amines is 1. The van der Waals surface area contributed by atoms with E-state index < -0.39 is 10.0 Å². The SMILES string of the molecule is O=S(=O)(NC1CCCCC1)c1ccc(-c2ccc[nH]2)cc1. The van der Waals surface area contributed by atoms with Crippen LogP contribution in [-0.4, -0.2) is 19.4 Å². The topological polar surface area (TPSA) is 62.0 Å². The molecule has 5 heteroatoms. The molecule has 112 valence electrons. The van der Waals surface area contributed by atoms with Gasteiger partial charge < -0.3 is 4.98 Å². The summed E-state index contributed by atoms with van der Waals surface area (Å²) in [7, 11) is -3.41. The molecule has 1 fully saturated rings. The molecule has 4 nitrogen and oxygen atoms in total. The van der Waals surface area contributed by atoms with Gasteiger partial charge in [0, 0.05) is 17.9 Å². The minimum Gasteiger partial charge on any atom is -0.361 e. The largest absolute Gasteiger partial charge is 0.361 e. The summed E-state index contributed by atoms with van der Waals surface area (Å²) in [5.74, 6) is 0. The normalized spacial score (nSPS) is 17.0. The Morgan fingerprint density at radius 1 is 1.00 bits per heavy atom. The summed E-state index contributed by atoms with van der Waals surface area (Å²) in [5, 5.41) is 0. The fourth-order valence-corrected chi connectivity index (χ4v) is 4.14. The lowest BCUT2D eigenvalue weighted by Gasteiger charge is -2.22. The Hall–Kier alpha value is -1.59. The van der Waals surface area contributed by atoms with Gasteiger partial charge in [0.05, 0.1) is 4.90 Å². The maximum Gasteiger partial charge on any atom is 0.240 e. The van der Waals surface area contributed by atoms with E-state index in [0.29, 0.717) is 4.90 Å². The van der Waals surface area contributed by atoms with Crippen molar-refractivity contribution < 1.29 is 8.42 Å². The predicted octanol–water partition coefficient (Wildman–Crippen LogP) is 3.29. The van der Waals surface area contributed by atoms with Gasteiger partial charge in [0.15, 0.2) is 0 Å². The fraction of sp³-hybridized carbons (Fsp3) is 0.375. The summed E-state index contributed by atoms with van der Waals surface area (Å²) in [6.45, 7) is 0. The van der Waals surface area contributed by atoms with Gasteiger partial charge in [-0.25, -0.2) is 13.1 Å². The number of hydrogen-bond donors (Lipinski definition) is 2. The maximum absolute atomic E-state index is 12.4. The van der Waals surface area contributed by atoms with E-state index in [-0.39, 0.29) is 6.04 Å². The average molecular weight is 304 g/mol. The number of nitrogens with one attached hydrogen (secondary N) is 2. The first kappa shape index (κ1) is 14.4. The van der Waals surface area contributed by atoms with Crippen LogP contribution in [0.15, 0.2) is 47.5 Å². The molecule has 2 aromatic rings. The Balaban J connectivity index is 1.76. The van der Waals surface area contributed by atoms with Crippen LogP contribution < -0.4 is 4.72 Å². The molecule has 1 heterocycles. The van der Waals surface area contributed by atoms with Crippen LogP contribution in [0, 0.1) is 0 Å². The minimum atomic E-state index is -3.41. The van der Waals surface area contributed by atoms with Crippen LogP contribution in [0.1, 0.15) is 32.1 Å². The van der Waals surface area contributed by atoms with Crippen LogP contribution in [-0.2, 0) is 10.0 Å². The van der Waals surface area contributed by atoms with Crippen LogP contribution in [0.4, 0.5) is 0 Å². The second-order valence-electron chi connectivity index (χ2n) is 5.56. The zero-order valence-corrected chi connectivity index (χ0v) is 12.7. The van der Waals surface area contributed by atoms with Crippen molar-refractivity contribution in [1.29, 1.82) is 0 Å². The third-order valence-corrected chi connectivity index (χ3v) is 5.54. The lowest BCUT2D eigenvalue weighted by Crippen LogP contribution is -2.36. The molecule has 0 bridgehead atoms. The highest BCUT2D eigenvalue weighted by molar-refractivity contribution is 7.89. The third-order valence-electron chi connectivity index (χ3n) is 4.00. The maximum atomic E-state index is 12.4. The van der Waals surface area contributed by atoms with Gasteiger partial charge in [-0.2, -0.15) is 0 Å². The molecule has 1 aromatic heterocycles. The van der Waals surface area contributed by atoms with Gasteiger partial charge in [0.2, 0.25) is 10.0 Å². The van der Waals surface area contributed by atoms with Crippen molar-refractivity contribution in [2.75, 3.05) is 0 Å². The molecule has 0 amide bonds. The van der Waals surface area contributed by atoms with E-state index >= 15 is 0 Å². The summed E-state index contributed by atoms with van der Waals surface area (Å²) in [6.07, 6.45) is 7.17. The molecule has 0 spiro atoms. The Bertz CT molecular complexity index is 670. The standard InChI is InChI=1S/C16H20N2O2S/c19-21(20,18-14-5-2-1-3-6-14)15-10-8-13(9-11-15)16-7-4-12-17-16/h4,7-12,14,17-18H,1-3,5-6H2. The van der Waals surface area contributed by atoms with E-state index in [9.17, 15) is 8.42 Å². The lowest BCUT2D eigenvalue weighted by atomic mass is 9.96. The van der Waals surface area contributed by atoms with Gasteiger partial charge in [-0.15, -0.1) is 0 Å². The van der Waals surface area contributed by atoms with Crippen molar-refractivity contribution in [1.82, 2.24) is 9.71 Å². The predicted molar refractivity (Wildman–Crippen MR) is 83.4 cm³/mol. The highest BCUT2D eigenvalue weighted by atomic mass is 32.2. The molecular formula is C16H20N2O2S. The monoisotopic (exact) mass is 304 g/mol. The van der Waals surface area contributed by atoms with Gasteiger partial charge in [0.1, 0.15) is 0 Å². The molecule has 1 aromatic carbocycles. The third kappa shape index (κ3) is 3.36. The summed E-state index contributed by atoms with van der Waals surface area (Å²) in [4.78, 5) is 3.45. The molecule has 3 rings (SSSR count). The Kier molecular flexibility index (Phi) is 4.12. The van der Waals surface area contributed by atoms with Crippen molar-refractivity contribution in [3.8, 4) is 11.3 Å². The summed E-state index contributed by atoms with van der Waals surface area (Å²) in [6, 6.07) is 11.0. The quantitative estimate of drug-likeness (QED) is 0.910. The number of hydrogen-bond acceptors (Lipinski definition) is 2. The van der Waals surface area contributed by atoms with Gasteiger partial charge >= 0.3 is 0 Å². The second kappa shape index (κ2) is 6.03. The highest BCUT2D eigenvalue weighted by Gasteiger charge is 2.21. The molecule has 0 unspecified atom stereocenters. The van der Waals surface area contributed by atoms with Crippen LogP contribution in [0.5, 0.6) is 0 Å². The Morgan fingerprint density at radius 3 is 2.33 bits per heavy atom. The Labute approximate surface area is 125 Å². The van der Waals surface area contributed by atoms with E-state index in [1.165, 1.54) is 6.42 Å². The van der Waals surface area contributed by atoms with Gasteiger partial charge in [-0.1, -0.05) is 31.4 Å². The van der Waals surface area contributed by atoms with Crippen molar-refractivity contribution >= 4 is 10.0 Å². The van der Waals surface area contributed by atoms with E-state index in [0.717, 1.165) is 36.9 Å². The van der Waals surface area contributed by atoms with E-state index in [1.807, 2.05) is 30.5 Å². The fourth-order valence-electron chi connectivity index (χ4n) is 2.83. The highest BCUT2D eigenvalue weighted by Crippen LogP contribution is 2.22. The Morgan fingerprint density at radius 2 is 1.71 bits per heavy atom. The van der Waals surface area contributed by atoms with Gasteiger partial charge in [-0.05, 0) is 42.7 Å². The zero-order valence-electron chi connectivity index (χ0n) is 11.9. The molecule has 1 aliphatic carbocycles. The van der Waals surface area contributed by atoms with Crippen LogP contribution in [0.3, 0.4) is 0 Å². The van der Waals surface area contributed by atoms with Crippen molar-refractivity contribution in [2.45, 2.75) is 43.0 Å². The molecule has 1 saturated carbocycles. The molecule has 21 heavy (non-hydrogen) atoms. The van der Waals surface area contributed by atoms with Gasteiger partial charge in [-0.3, -0.25) is 0 Å². The average Bonchev–Trinajstić information content (AvgIpc) is 3.02. The number of rotatable bonds is 4. The van der Waals surface area contributed by atoms with Crippen LogP contribution in [0.2, 0.25) is 0 Å². The van der Waals surface area contributed by atoms with Crippen LogP contribution in [0.25, 0.3) is 11.3 Å². The van der Waals surface area contributed by atoms with Crippen molar-refractivity contribution in [3.63, 3.8) is 0 Å². The number of aromatic nitrogens is 1. The molecule has 0 saturated heterocycles. The molecule has 0 aliphatic heterocycles. The minimum absolute atomic E-state index is 0.0897. The first-order chi connectivity index (χ1) is 10.1. The number of benzene rings is 1. The van der Waals surface area contributed by atoms with Crippen molar-refractivity contribution in [3.05, 3.63) is 42.6 Å². The first-order valence-corrected chi connectivity index (χ1v) is 8.90. The summed E-state index contributed by atoms with van der Waals surface area (Å²) >= 11 is 0. The summed E-state index contributed by atoms with van der Waals surface area (Å²) in [5.41, 5.74) is 1.97. The van der Waals surface area contributed by atoms with E-state index in [4.69, 9.17) is 0 Å². The van der Waals surface area contributed by atoms with E-state index in [1.54, 1.807) is 12.1 Å². The summed E-state index contributed by atoms with van der Waals surface area (Å²) < 4.78 is 27.6. The second-order valence-corrected chi connectivity index (χ2v) is 7.28. The molecular weight excluding hydrogens is 284 g/mol. The smallest absolute Gasteiger partial charge is 0.240 e. The van der Waals surface area contributed by atoms with Crippen molar-refractivity contribution in [2.24, 2.45) is 0 Å². The number of sulfonamides is 1. The number of H-pyrrole nitrogens is 1. The first-order valence-electron chi connectivity index (χ1n) is 7.41. The molecule has 1 aliphatic rings. The lowest BCUT2D eigenvalue weighted by molar-refractivity contribution is 0.412. The van der Waals surface area contributed by atoms with E-state index in [2.05, 4.69) is 9.71 Å². The zero-order chi connectivity index (χ0) is 14.7. The molecule has 0 radical (unpaired) electrons. The van der Waals surface area contributed by atoms with Gasteiger partial charge in [0.25, 0.3) is 0 Å². The molecule has 2 N–H and O–H groups in total.